The lowest BCUT2D eigenvalue weighted by Crippen LogP contribution is -2.54. The maximum absolute atomic E-state index is 12.5. The lowest BCUT2D eigenvalue weighted by Gasteiger charge is -2.42. The number of piperazine rings is 1. The Balaban J connectivity index is 1.57. The summed E-state index contributed by atoms with van der Waals surface area (Å²) in [4.78, 5) is 36.9. The summed E-state index contributed by atoms with van der Waals surface area (Å²) in [5.74, 6) is 0. The first-order chi connectivity index (χ1) is 16.7. The molecular formula is C25H29BrClN5O3. The van der Waals surface area contributed by atoms with E-state index in [0.717, 1.165) is 46.1 Å². The zero-order valence-corrected chi connectivity index (χ0v) is 22.3. The van der Waals surface area contributed by atoms with E-state index in [2.05, 4.69) is 41.0 Å². The van der Waals surface area contributed by atoms with Crippen molar-refractivity contribution in [1.82, 2.24) is 20.2 Å². The van der Waals surface area contributed by atoms with Gasteiger partial charge >= 0.3 is 6.09 Å². The van der Waals surface area contributed by atoms with Crippen molar-refractivity contribution < 1.29 is 14.3 Å². The summed E-state index contributed by atoms with van der Waals surface area (Å²) in [5.41, 5.74) is 2.17. The Morgan fingerprint density at radius 2 is 1.89 bits per heavy atom. The van der Waals surface area contributed by atoms with Crippen LogP contribution in [0.3, 0.4) is 0 Å². The summed E-state index contributed by atoms with van der Waals surface area (Å²) in [6.45, 7) is 8.23. The molecule has 1 aliphatic rings. The molecule has 2 atom stereocenters. The number of aromatic amines is 1. The van der Waals surface area contributed by atoms with E-state index in [9.17, 15) is 9.59 Å². The van der Waals surface area contributed by atoms with Crippen LogP contribution in [0.4, 0.5) is 10.5 Å². The van der Waals surface area contributed by atoms with Crippen LogP contribution >= 0.6 is 27.5 Å². The molecule has 10 heteroatoms. The fraction of sp³-hybridized carbons (Fsp3) is 0.400. The fourth-order valence-electron chi connectivity index (χ4n) is 4.45. The van der Waals surface area contributed by atoms with Crippen LogP contribution in [0.25, 0.3) is 11.0 Å². The van der Waals surface area contributed by atoms with E-state index in [1.165, 1.54) is 0 Å². The first kappa shape index (κ1) is 25.5. The Kier molecular flexibility index (Phi) is 7.68. The Bertz CT molecular complexity index is 1190. The van der Waals surface area contributed by atoms with Gasteiger partial charge in [0, 0.05) is 49.0 Å². The summed E-state index contributed by atoms with van der Waals surface area (Å²) in [6.07, 6.45) is 3.85. The number of fused-ring (bicyclic) bond motifs is 1. The van der Waals surface area contributed by atoms with Gasteiger partial charge in [-0.1, -0.05) is 23.7 Å². The lowest BCUT2D eigenvalue weighted by atomic mass is 9.97. The van der Waals surface area contributed by atoms with E-state index in [4.69, 9.17) is 16.3 Å². The number of ether oxygens (including phenoxy) is 1. The SMILES string of the molecule is CC(C)(C)OC(=O)NC(C=O)C(c1ccc(Cl)cc1)N1CCN(c2c(Br)cnc3[nH]ccc23)CC1. The van der Waals surface area contributed by atoms with Crippen molar-refractivity contribution >= 4 is 56.6 Å². The molecule has 1 amide bonds. The zero-order chi connectivity index (χ0) is 25.2. The molecular weight excluding hydrogens is 534 g/mol. The molecule has 0 saturated carbocycles. The highest BCUT2D eigenvalue weighted by Crippen LogP contribution is 2.35. The van der Waals surface area contributed by atoms with E-state index >= 15 is 0 Å². The van der Waals surface area contributed by atoms with Gasteiger partial charge < -0.3 is 24.7 Å². The number of carbonyl (C=O) groups excluding carboxylic acids is 2. The molecule has 1 fully saturated rings. The van der Waals surface area contributed by atoms with Crippen molar-refractivity contribution in [2.45, 2.75) is 38.5 Å². The summed E-state index contributed by atoms with van der Waals surface area (Å²) in [5, 5.41) is 4.43. The number of alkyl carbamates (subject to hydrolysis) is 1. The maximum atomic E-state index is 12.5. The van der Waals surface area contributed by atoms with Crippen molar-refractivity contribution in [3.63, 3.8) is 0 Å². The Labute approximate surface area is 218 Å². The minimum absolute atomic E-state index is 0.368. The largest absolute Gasteiger partial charge is 0.444 e. The van der Waals surface area contributed by atoms with E-state index in [1.54, 1.807) is 32.9 Å². The molecule has 0 bridgehead atoms. The third-order valence-electron chi connectivity index (χ3n) is 5.92. The topological polar surface area (TPSA) is 90.6 Å². The number of amides is 1. The number of benzene rings is 1. The molecule has 8 nitrogen and oxygen atoms in total. The summed E-state index contributed by atoms with van der Waals surface area (Å²) >= 11 is 9.78. The van der Waals surface area contributed by atoms with E-state index < -0.39 is 17.7 Å². The van der Waals surface area contributed by atoms with E-state index in [1.807, 2.05) is 30.6 Å². The molecule has 2 unspecified atom stereocenters. The normalized spacial score (nSPS) is 16.7. The third kappa shape index (κ3) is 5.97. The zero-order valence-electron chi connectivity index (χ0n) is 19.9. The standard InChI is InChI=1S/C25H29BrClN5O3/c1-25(2,3)35-24(34)30-20(15-33)21(16-4-6-17(27)7-5-16)31-10-12-32(13-11-31)22-18-8-9-28-23(18)29-14-19(22)26/h4-9,14-15,20-21H,10-13H2,1-3H3,(H,28,29)(H,30,34). The van der Waals surface area contributed by atoms with Gasteiger partial charge in [0.15, 0.2) is 0 Å². The van der Waals surface area contributed by atoms with Crippen molar-refractivity contribution in [1.29, 1.82) is 0 Å². The van der Waals surface area contributed by atoms with Gasteiger partial charge in [0.2, 0.25) is 0 Å². The number of aldehydes is 1. The van der Waals surface area contributed by atoms with Gasteiger partial charge in [0.25, 0.3) is 0 Å². The molecule has 1 aromatic carbocycles. The number of aromatic nitrogens is 2. The van der Waals surface area contributed by atoms with Crippen LogP contribution in [0.2, 0.25) is 5.02 Å². The molecule has 2 aromatic heterocycles. The Morgan fingerprint density at radius 1 is 1.20 bits per heavy atom. The highest BCUT2D eigenvalue weighted by Gasteiger charge is 2.34. The molecule has 3 heterocycles. The van der Waals surface area contributed by atoms with Gasteiger partial charge in [0.05, 0.1) is 16.2 Å². The van der Waals surface area contributed by atoms with Gasteiger partial charge in [-0.3, -0.25) is 4.90 Å². The number of nitrogens with one attached hydrogen (secondary N) is 2. The second kappa shape index (κ2) is 10.6. The average Bonchev–Trinajstić information content (AvgIpc) is 3.28. The first-order valence-electron chi connectivity index (χ1n) is 11.5. The number of hydrogen-bond acceptors (Lipinski definition) is 6. The van der Waals surface area contributed by atoms with Crippen LogP contribution in [0.1, 0.15) is 32.4 Å². The predicted octanol–water partition coefficient (Wildman–Crippen LogP) is 4.93. The quantitative estimate of drug-likeness (QED) is 0.414. The number of hydrogen-bond donors (Lipinski definition) is 2. The number of rotatable bonds is 6. The molecule has 1 aliphatic heterocycles. The molecule has 2 N–H and O–H groups in total. The smallest absolute Gasteiger partial charge is 0.408 e. The Morgan fingerprint density at radius 3 is 2.51 bits per heavy atom. The highest BCUT2D eigenvalue weighted by atomic mass is 79.9. The van der Waals surface area contributed by atoms with Crippen molar-refractivity contribution in [2.24, 2.45) is 0 Å². The van der Waals surface area contributed by atoms with Gasteiger partial charge in [-0.25, -0.2) is 9.78 Å². The van der Waals surface area contributed by atoms with Crippen LogP contribution in [-0.2, 0) is 9.53 Å². The van der Waals surface area contributed by atoms with Crippen LogP contribution in [0, 0.1) is 0 Å². The van der Waals surface area contributed by atoms with Crippen LogP contribution in [0.15, 0.2) is 47.2 Å². The number of pyridine rings is 1. The average molecular weight is 563 g/mol. The number of nitrogens with zero attached hydrogens (tertiary/aromatic N) is 3. The fourth-order valence-corrected chi connectivity index (χ4v) is 5.14. The monoisotopic (exact) mass is 561 g/mol. The summed E-state index contributed by atoms with van der Waals surface area (Å²) < 4.78 is 6.35. The molecule has 1 saturated heterocycles. The van der Waals surface area contributed by atoms with Gasteiger partial charge in [-0.2, -0.15) is 0 Å². The number of carbonyl (C=O) groups is 2. The van der Waals surface area contributed by atoms with Gasteiger partial charge in [0.1, 0.15) is 23.6 Å². The molecule has 4 rings (SSSR count). The minimum atomic E-state index is -0.790. The van der Waals surface area contributed by atoms with E-state index in [0.29, 0.717) is 18.1 Å². The van der Waals surface area contributed by atoms with Crippen LogP contribution in [-0.4, -0.2) is 65.1 Å². The Hall–Kier alpha value is -2.62. The van der Waals surface area contributed by atoms with Gasteiger partial charge in [-0.05, 0) is 60.5 Å². The molecule has 3 aromatic rings. The molecule has 186 valence electrons. The first-order valence-corrected chi connectivity index (χ1v) is 12.6. The minimum Gasteiger partial charge on any atom is -0.444 e. The van der Waals surface area contributed by atoms with E-state index in [-0.39, 0.29) is 6.04 Å². The number of anilines is 1. The van der Waals surface area contributed by atoms with Crippen LogP contribution in [0.5, 0.6) is 0 Å². The van der Waals surface area contributed by atoms with Crippen molar-refractivity contribution in [3.05, 3.63) is 57.8 Å². The second-order valence-electron chi connectivity index (χ2n) is 9.52. The third-order valence-corrected chi connectivity index (χ3v) is 6.75. The number of halogens is 2. The second-order valence-corrected chi connectivity index (χ2v) is 10.8. The van der Waals surface area contributed by atoms with Crippen molar-refractivity contribution in [2.75, 3.05) is 31.1 Å². The van der Waals surface area contributed by atoms with Gasteiger partial charge in [-0.15, -0.1) is 0 Å². The summed E-state index contributed by atoms with van der Waals surface area (Å²) in [7, 11) is 0. The molecule has 35 heavy (non-hydrogen) atoms. The predicted molar refractivity (Wildman–Crippen MR) is 141 cm³/mol. The lowest BCUT2D eigenvalue weighted by molar-refractivity contribution is -0.111. The molecule has 0 aliphatic carbocycles. The highest BCUT2D eigenvalue weighted by molar-refractivity contribution is 9.10. The number of H-pyrrole nitrogens is 1. The molecule has 0 spiro atoms. The molecule has 0 radical (unpaired) electrons. The van der Waals surface area contributed by atoms with Crippen LogP contribution < -0.4 is 10.2 Å². The summed E-state index contributed by atoms with van der Waals surface area (Å²) in [6, 6.07) is 8.26. The maximum Gasteiger partial charge on any atom is 0.408 e. The van der Waals surface area contributed by atoms with Crippen molar-refractivity contribution in [3.8, 4) is 0 Å².